The molecule has 0 spiro atoms. The molecular formula is C8H6ClN3O. The third-order valence-electron chi connectivity index (χ3n) is 1.62. The van der Waals surface area contributed by atoms with Gasteiger partial charge in [-0.25, -0.2) is 0 Å². The van der Waals surface area contributed by atoms with Gasteiger partial charge >= 0.3 is 0 Å². The van der Waals surface area contributed by atoms with Crippen molar-refractivity contribution in [2.45, 2.75) is 0 Å². The van der Waals surface area contributed by atoms with Gasteiger partial charge in [0, 0.05) is 6.20 Å². The predicted molar refractivity (Wildman–Crippen MR) is 48.8 cm³/mol. The first kappa shape index (κ1) is 8.19. The Labute approximate surface area is 79.7 Å². The van der Waals surface area contributed by atoms with Gasteiger partial charge in [0.15, 0.2) is 5.84 Å². The quantitative estimate of drug-likeness (QED) is 0.714. The number of aliphatic imine (C=N–C) groups is 1. The molecule has 1 aliphatic heterocycles. The molecule has 4 nitrogen and oxygen atoms in total. The lowest BCUT2D eigenvalue weighted by Gasteiger charge is -2.01. The smallest absolute Gasteiger partial charge is 0.247 e. The third kappa shape index (κ3) is 1.53. The van der Waals surface area contributed by atoms with Gasteiger partial charge in [-0.15, -0.1) is 0 Å². The number of aromatic nitrogens is 1. The van der Waals surface area contributed by atoms with Gasteiger partial charge in [-0.2, -0.15) is 0 Å². The number of pyridine rings is 1. The van der Waals surface area contributed by atoms with Crippen LogP contribution in [0.4, 0.5) is 0 Å². The molecule has 66 valence electrons. The summed E-state index contributed by atoms with van der Waals surface area (Å²) < 4.78 is 0. The molecule has 0 aliphatic carbocycles. The SMILES string of the molecule is O=C1CN=C(c2ncccc2Cl)N1. The lowest BCUT2D eigenvalue weighted by atomic mass is 10.3. The van der Waals surface area contributed by atoms with Gasteiger partial charge in [-0.05, 0) is 12.1 Å². The molecule has 0 fully saturated rings. The standard InChI is InChI=1S/C8H6ClN3O/c9-5-2-1-3-10-7(5)8-11-4-6(13)12-8/h1-3H,4H2,(H,11,12,13). The summed E-state index contributed by atoms with van der Waals surface area (Å²) in [6.45, 7) is 0.155. The highest BCUT2D eigenvalue weighted by Crippen LogP contribution is 2.13. The molecule has 2 rings (SSSR count). The van der Waals surface area contributed by atoms with E-state index in [2.05, 4.69) is 15.3 Å². The average Bonchev–Trinajstić information content (AvgIpc) is 2.53. The summed E-state index contributed by atoms with van der Waals surface area (Å²) in [7, 11) is 0. The topological polar surface area (TPSA) is 54.4 Å². The molecule has 2 heterocycles. The highest BCUT2D eigenvalue weighted by atomic mass is 35.5. The van der Waals surface area contributed by atoms with Crippen molar-refractivity contribution >= 4 is 23.3 Å². The van der Waals surface area contributed by atoms with E-state index in [4.69, 9.17) is 11.6 Å². The van der Waals surface area contributed by atoms with Crippen molar-refractivity contribution in [3.63, 3.8) is 0 Å². The summed E-state index contributed by atoms with van der Waals surface area (Å²) in [6.07, 6.45) is 1.61. The van der Waals surface area contributed by atoms with Crippen LogP contribution >= 0.6 is 11.6 Å². The third-order valence-corrected chi connectivity index (χ3v) is 1.93. The molecule has 13 heavy (non-hydrogen) atoms. The zero-order valence-corrected chi connectivity index (χ0v) is 7.38. The maximum absolute atomic E-state index is 10.8. The Kier molecular flexibility index (Phi) is 1.98. The number of nitrogens with zero attached hydrogens (tertiary/aromatic N) is 2. The summed E-state index contributed by atoms with van der Waals surface area (Å²) in [5, 5.41) is 3.06. The lowest BCUT2D eigenvalue weighted by molar-refractivity contribution is -0.117. The second-order valence-corrected chi connectivity index (χ2v) is 2.95. The lowest BCUT2D eigenvalue weighted by Crippen LogP contribution is -2.26. The Morgan fingerprint density at radius 1 is 1.54 bits per heavy atom. The minimum Gasteiger partial charge on any atom is -0.308 e. The van der Waals surface area contributed by atoms with E-state index < -0.39 is 0 Å². The molecule has 0 saturated heterocycles. The second kappa shape index (κ2) is 3.14. The highest BCUT2D eigenvalue weighted by molar-refractivity contribution is 6.34. The predicted octanol–water partition coefficient (Wildman–Crippen LogP) is 0.611. The zero-order valence-electron chi connectivity index (χ0n) is 6.62. The van der Waals surface area contributed by atoms with Crippen molar-refractivity contribution < 1.29 is 4.79 Å². The van der Waals surface area contributed by atoms with Crippen molar-refractivity contribution in [1.29, 1.82) is 0 Å². The van der Waals surface area contributed by atoms with E-state index >= 15 is 0 Å². The van der Waals surface area contributed by atoms with Crippen LogP contribution in [0.25, 0.3) is 0 Å². The number of carbonyl (C=O) groups excluding carboxylic acids is 1. The average molecular weight is 196 g/mol. The number of hydrogen-bond donors (Lipinski definition) is 1. The zero-order chi connectivity index (χ0) is 9.26. The van der Waals surface area contributed by atoms with Crippen LogP contribution in [0.2, 0.25) is 5.02 Å². The number of amidine groups is 1. The number of amides is 1. The van der Waals surface area contributed by atoms with Crippen LogP contribution in [0, 0.1) is 0 Å². The van der Waals surface area contributed by atoms with Gasteiger partial charge in [0.25, 0.3) is 0 Å². The molecule has 1 aliphatic rings. The Bertz CT molecular complexity index is 389. The van der Waals surface area contributed by atoms with E-state index in [1.807, 2.05) is 0 Å². The summed E-state index contributed by atoms with van der Waals surface area (Å²) in [4.78, 5) is 18.8. The highest BCUT2D eigenvalue weighted by Gasteiger charge is 2.17. The normalized spacial score (nSPS) is 15.5. The van der Waals surface area contributed by atoms with Crippen molar-refractivity contribution in [3.8, 4) is 0 Å². The molecule has 0 unspecified atom stereocenters. The maximum Gasteiger partial charge on any atom is 0.247 e. The minimum absolute atomic E-state index is 0.128. The molecule has 0 saturated carbocycles. The van der Waals surface area contributed by atoms with E-state index in [0.717, 1.165) is 0 Å². The summed E-state index contributed by atoms with van der Waals surface area (Å²) in [5.74, 6) is 0.326. The van der Waals surface area contributed by atoms with E-state index in [-0.39, 0.29) is 12.5 Å². The monoisotopic (exact) mass is 195 g/mol. The fraction of sp³-hybridized carbons (Fsp3) is 0.125. The molecule has 1 aromatic rings. The van der Waals surface area contributed by atoms with E-state index in [1.165, 1.54) is 0 Å². The number of carbonyl (C=O) groups is 1. The molecule has 5 heteroatoms. The first-order valence-corrected chi connectivity index (χ1v) is 4.10. The van der Waals surface area contributed by atoms with Gasteiger partial charge < -0.3 is 5.32 Å². The summed E-state index contributed by atoms with van der Waals surface area (Å²) >= 11 is 5.86. The fourth-order valence-electron chi connectivity index (χ4n) is 1.06. The number of hydrogen-bond acceptors (Lipinski definition) is 3. The van der Waals surface area contributed by atoms with Crippen molar-refractivity contribution in [3.05, 3.63) is 29.0 Å². The van der Waals surface area contributed by atoms with Crippen LogP contribution in [-0.2, 0) is 4.79 Å². The second-order valence-electron chi connectivity index (χ2n) is 2.55. The molecule has 1 aromatic heterocycles. The van der Waals surface area contributed by atoms with E-state index in [9.17, 15) is 4.79 Å². The number of nitrogens with one attached hydrogen (secondary N) is 1. The largest absolute Gasteiger partial charge is 0.308 e. The van der Waals surface area contributed by atoms with Crippen LogP contribution in [0.3, 0.4) is 0 Å². The molecule has 0 aromatic carbocycles. The molecule has 0 bridgehead atoms. The van der Waals surface area contributed by atoms with Crippen LogP contribution in [0.1, 0.15) is 5.69 Å². The maximum atomic E-state index is 10.8. The Hall–Kier alpha value is -1.42. The molecular weight excluding hydrogens is 190 g/mol. The Morgan fingerprint density at radius 2 is 2.38 bits per heavy atom. The van der Waals surface area contributed by atoms with Crippen molar-refractivity contribution in [2.24, 2.45) is 4.99 Å². The van der Waals surface area contributed by atoms with Crippen LogP contribution in [0.5, 0.6) is 0 Å². The van der Waals surface area contributed by atoms with Gasteiger partial charge in [-0.3, -0.25) is 14.8 Å². The van der Waals surface area contributed by atoms with Crippen LogP contribution < -0.4 is 5.32 Å². The first-order valence-electron chi connectivity index (χ1n) is 3.72. The molecule has 0 radical (unpaired) electrons. The molecule has 1 amide bonds. The first-order chi connectivity index (χ1) is 6.27. The Balaban J connectivity index is 2.37. The van der Waals surface area contributed by atoms with E-state index in [0.29, 0.717) is 16.6 Å². The van der Waals surface area contributed by atoms with Gasteiger partial charge in [0.1, 0.15) is 12.2 Å². The minimum atomic E-state index is -0.128. The van der Waals surface area contributed by atoms with E-state index in [1.54, 1.807) is 18.3 Å². The van der Waals surface area contributed by atoms with Crippen LogP contribution in [-0.4, -0.2) is 23.3 Å². The Morgan fingerprint density at radius 3 is 3.00 bits per heavy atom. The molecule has 1 N–H and O–H groups in total. The number of rotatable bonds is 1. The van der Waals surface area contributed by atoms with Gasteiger partial charge in [0.2, 0.25) is 5.91 Å². The van der Waals surface area contributed by atoms with Gasteiger partial charge in [-0.1, -0.05) is 11.6 Å². The molecule has 0 atom stereocenters. The van der Waals surface area contributed by atoms with Crippen molar-refractivity contribution in [2.75, 3.05) is 6.54 Å². The summed E-state index contributed by atoms with van der Waals surface area (Å²) in [6, 6.07) is 3.43. The van der Waals surface area contributed by atoms with Gasteiger partial charge in [0.05, 0.1) is 5.02 Å². The fourth-order valence-corrected chi connectivity index (χ4v) is 1.27. The summed E-state index contributed by atoms with van der Waals surface area (Å²) in [5.41, 5.74) is 0.523. The van der Waals surface area contributed by atoms with Crippen molar-refractivity contribution in [1.82, 2.24) is 10.3 Å². The number of halogens is 1. The van der Waals surface area contributed by atoms with Crippen LogP contribution in [0.15, 0.2) is 23.3 Å².